The summed E-state index contributed by atoms with van der Waals surface area (Å²) in [5.41, 5.74) is 7.14. The van der Waals surface area contributed by atoms with Gasteiger partial charge in [-0.15, -0.1) is 11.3 Å². The van der Waals surface area contributed by atoms with Gasteiger partial charge in [0.2, 0.25) is 5.89 Å². The third kappa shape index (κ3) is 3.77. The Balaban J connectivity index is 1.73. The number of oxazole rings is 1. The molecule has 0 saturated heterocycles. The Hall–Kier alpha value is -2.31. The molecular formula is C18H20N4OS. The summed E-state index contributed by atoms with van der Waals surface area (Å²) in [6.07, 6.45) is 10.9. The zero-order valence-electron chi connectivity index (χ0n) is 13.9. The Bertz CT molecular complexity index is 830. The Kier molecular flexibility index (Phi) is 4.59. The van der Waals surface area contributed by atoms with Crippen LogP contribution in [0.4, 0.5) is 0 Å². The quantitative estimate of drug-likeness (QED) is 0.775. The van der Waals surface area contributed by atoms with Crippen molar-refractivity contribution in [3.8, 4) is 0 Å². The molecule has 0 radical (unpaired) electrons. The molecule has 0 saturated carbocycles. The summed E-state index contributed by atoms with van der Waals surface area (Å²) in [6.45, 7) is 6.28. The summed E-state index contributed by atoms with van der Waals surface area (Å²) in [7, 11) is 0. The van der Waals surface area contributed by atoms with Gasteiger partial charge >= 0.3 is 0 Å². The number of nitrogens with zero attached hydrogens (tertiary/aromatic N) is 3. The van der Waals surface area contributed by atoms with Gasteiger partial charge in [0, 0.05) is 35.0 Å². The van der Waals surface area contributed by atoms with E-state index in [-0.39, 0.29) is 11.5 Å². The van der Waals surface area contributed by atoms with Crippen LogP contribution in [-0.4, -0.2) is 15.0 Å². The number of aromatic nitrogens is 3. The number of hydrogen-bond acceptors (Lipinski definition) is 6. The van der Waals surface area contributed by atoms with Gasteiger partial charge in [-0.05, 0) is 17.7 Å². The van der Waals surface area contributed by atoms with Crippen molar-refractivity contribution in [2.45, 2.75) is 32.2 Å². The van der Waals surface area contributed by atoms with Crippen LogP contribution in [-0.2, 0) is 5.41 Å². The molecular weight excluding hydrogens is 320 g/mol. The van der Waals surface area contributed by atoms with E-state index in [9.17, 15) is 0 Å². The predicted molar refractivity (Wildman–Crippen MR) is 96.5 cm³/mol. The Morgan fingerprint density at radius 1 is 1.17 bits per heavy atom. The average Bonchev–Trinajstić information content (AvgIpc) is 3.22. The monoisotopic (exact) mass is 340 g/mol. The molecule has 0 aliphatic carbocycles. The van der Waals surface area contributed by atoms with Gasteiger partial charge in [0.25, 0.3) is 0 Å². The topological polar surface area (TPSA) is 77.8 Å². The Morgan fingerprint density at radius 2 is 2.00 bits per heavy atom. The average molecular weight is 340 g/mol. The summed E-state index contributed by atoms with van der Waals surface area (Å²) < 4.78 is 5.75. The maximum atomic E-state index is 6.24. The van der Waals surface area contributed by atoms with E-state index in [4.69, 9.17) is 10.2 Å². The first-order valence-corrected chi connectivity index (χ1v) is 8.51. The highest BCUT2D eigenvalue weighted by molar-refractivity contribution is 7.12. The summed E-state index contributed by atoms with van der Waals surface area (Å²) in [6, 6.07) is 3.56. The van der Waals surface area contributed by atoms with E-state index in [0.29, 0.717) is 5.89 Å². The molecule has 1 atom stereocenters. The van der Waals surface area contributed by atoms with Crippen molar-refractivity contribution in [2.24, 2.45) is 5.73 Å². The molecule has 124 valence electrons. The molecule has 5 nitrogen and oxygen atoms in total. The van der Waals surface area contributed by atoms with Crippen LogP contribution in [0.3, 0.4) is 0 Å². The van der Waals surface area contributed by atoms with Crippen LogP contribution in [0.25, 0.3) is 12.2 Å². The first kappa shape index (κ1) is 16.5. The van der Waals surface area contributed by atoms with E-state index >= 15 is 0 Å². The summed E-state index contributed by atoms with van der Waals surface area (Å²) >= 11 is 1.55. The van der Waals surface area contributed by atoms with E-state index in [1.54, 1.807) is 36.1 Å². The number of pyridine rings is 1. The van der Waals surface area contributed by atoms with Crippen molar-refractivity contribution < 1.29 is 4.42 Å². The molecule has 0 bridgehead atoms. The molecule has 0 spiro atoms. The van der Waals surface area contributed by atoms with Gasteiger partial charge in [-0.2, -0.15) is 0 Å². The minimum absolute atomic E-state index is 0.0484. The Morgan fingerprint density at radius 3 is 2.67 bits per heavy atom. The number of rotatable bonds is 4. The molecule has 24 heavy (non-hydrogen) atoms. The molecule has 6 heteroatoms. The molecule has 0 fully saturated rings. The van der Waals surface area contributed by atoms with Crippen molar-refractivity contribution in [2.75, 3.05) is 0 Å². The van der Waals surface area contributed by atoms with Crippen LogP contribution in [0.5, 0.6) is 0 Å². The third-order valence-corrected chi connectivity index (χ3v) is 4.55. The van der Waals surface area contributed by atoms with Crippen molar-refractivity contribution in [1.29, 1.82) is 0 Å². The van der Waals surface area contributed by atoms with Crippen LogP contribution in [0.1, 0.15) is 53.9 Å². The first-order chi connectivity index (χ1) is 11.4. The molecule has 3 aromatic rings. The third-order valence-electron chi connectivity index (χ3n) is 3.50. The van der Waals surface area contributed by atoms with Gasteiger partial charge in [0.1, 0.15) is 10.8 Å². The molecule has 3 rings (SSSR count). The number of nitrogens with two attached hydrogens (primary N) is 1. The zero-order chi connectivity index (χ0) is 17.2. The van der Waals surface area contributed by atoms with Gasteiger partial charge in [-0.25, -0.2) is 9.97 Å². The number of thiazole rings is 1. The lowest BCUT2D eigenvalue weighted by molar-refractivity contribution is 0.403. The summed E-state index contributed by atoms with van der Waals surface area (Å²) in [4.78, 5) is 13.8. The van der Waals surface area contributed by atoms with Crippen molar-refractivity contribution in [3.63, 3.8) is 0 Å². The predicted octanol–water partition coefficient (Wildman–Crippen LogP) is 4.04. The zero-order valence-corrected chi connectivity index (χ0v) is 14.7. The van der Waals surface area contributed by atoms with E-state index in [1.807, 2.05) is 24.3 Å². The van der Waals surface area contributed by atoms with Crippen LogP contribution in [0.2, 0.25) is 0 Å². The maximum Gasteiger partial charge on any atom is 0.218 e. The Labute approximate surface area is 145 Å². The van der Waals surface area contributed by atoms with Crippen LogP contribution >= 0.6 is 11.3 Å². The first-order valence-electron chi connectivity index (χ1n) is 7.69. The number of hydrogen-bond donors (Lipinski definition) is 1. The summed E-state index contributed by atoms with van der Waals surface area (Å²) in [5, 5.41) is 0.852. The van der Waals surface area contributed by atoms with Crippen LogP contribution in [0.15, 0.2) is 41.3 Å². The van der Waals surface area contributed by atoms with Gasteiger partial charge in [0.15, 0.2) is 0 Å². The molecule has 1 unspecified atom stereocenters. The van der Waals surface area contributed by atoms with Crippen LogP contribution in [0, 0.1) is 0 Å². The fourth-order valence-corrected chi connectivity index (χ4v) is 2.94. The fraction of sp³-hybridized carbons (Fsp3) is 0.278. The molecule has 0 aromatic carbocycles. The minimum atomic E-state index is -0.264. The van der Waals surface area contributed by atoms with E-state index < -0.39 is 0 Å². The molecule has 0 aliphatic rings. The summed E-state index contributed by atoms with van der Waals surface area (Å²) in [5.74, 6) is 1.46. The molecule has 3 heterocycles. The molecule has 0 aliphatic heterocycles. The standard InChI is InChI=1S/C18H20N4OS/c1-18(2,3)14-11-21-15(23-14)7-6-13-10-22-17(24-13)16(19)12-5-4-8-20-9-12/h4-11,16H,19H2,1-3H3/b7-6+. The second-order valence-electron chi connectivity index (χ2n) is 6.51. The smallest absolute Gasteiger partial charge is 0.218 e. The molecule has 2 N–H and O–H groups in total. The molecule has 3 aromatic heterocycles. The van der Waals surface area contributed by atoms with Gasteiger partial charge in [-0.1, -0.05) is 26.8 Å². The molecule has 0 amide bonds. The van der Waals surface area contributed by atoms with E-state index in [0.717, 1.165) is 21.2 Å². The van der Waals surface area contributed by atoms with Crippen molar-refractivity contribution in [3.05, 3.63) is 64.0 Å². The highest BCUT2D eigenvalue weighted by Crippen LogP contribution is 2.26. The highest BCUT2D eigenvalue weighted by Gasteiger charge is 2.18. The second kappa shape index (κ2) is 6.67. The fourth-order valence-electron chi connectivity index (χ4n) is 2.09. The van der Waals surface area contributed by atoms with Gasteiger partial charge in [0.05, 0.1) is 12.2 Å². The largest absolute Gasteiger partial charge is 0.441 e. The second-order valence-corrected chi connectivity index (χ2v) is 7.60. The minimum Gasteiger partial charge on any atom is -0.441 e. The lowest BCUT2D eigenvalue weighted by atomic mass is 9.94. The van der Waals surface area contributed by atoms with Crippen LogP contribution < -0.4 is 5.73 Å². The highest BCUT2D eigenvalue weighted by atomic mass is 32.1. The lowest BCUT2D eigenvalue weighted by Gasteiger charge is -2.12. The van der Waals surface area contributed by atoms with Crippen molar-refractivity contribution >= 4 is 23.5 Å². The SMILES string of the molecule is CC(C)(C)c1cnc(/C=C/c2cnc(C(N)c3cccnc3)s2)o1. The van der Waals surface area contributed by atoms with Gasteiger partial charge in [-0.3, -0.25) is 4.98 Å². The normalized spacial score (nSPS) is 13.5. The van der Waals surface area contributed by atoms with Gasteiger partial charge < -0.3 is 10.2 Å². The van der Waals surface area contributed by atoms with E-state index in [2.05, 4.69) is 35.7 Å². The lowest BCUT2D eigenvalue weighted by Crippen LogP contribution is -2.11. The maximum absolute atomic E-state index is 6.24. The van der Waals surface area contributed by atoms with E-state index in [1.165, 1.54) is 0 Å². The van der Waals surface area contributed by atoms with Crippen molar-refractivity contribution in [1.82, 2.24) is 15.0 Å².